The Hall–Kier alpha value is -0.840. The fraction of sp³-hybridized carbons (Fsp3) is 0.273. The topological polar surface area (TPSA) is 51.2 Å². The highest BCUT2D eigenvalue weighted by Gasteiger charge is 2.17. The van der Waals surface area contributed by atoms with Crippen LogP contribution in [-0.4, -0.2) is 16.3 Å². The highest BCUT2D eigenvalue weighted by Crippen LogP contribution is 2.32. The van der Waals surface area contributed by atoms with Crippen molar-refractivity contribution in [2.45, 2.75) is 6.04 Å². The Balaban J connectivity index is 2.75. The molecule has 2 aromatic rings. The largest absolute Gasteiger partial charge is 0.394 e. The number of fused-ring (bicyclic) bond motifs is 1. The van der Waals surface area contributed by atoms with Gasteiger partial charge in [-0.2, -0.15) is 0 Å². The van der Waals surface area contributed by atoms with Crippen LogP contribution in [0, 0.1) is 0 Å². The van der Waals surface area contributed by atoms with Crippen LogP contribution >= 0.6 is 15.9 Å². The van der Waals surface area contributed by atoms with Gasteiger partial charge in [-0.05, 0) is 22.0 Å². The molecular formula is C11H13BrN2O. The number of nitrogens with two attached hydrogens (primary N) is 1. The van der Waals surface area contributed by atoms with Gasteiger partial charge in [-0.25, -0.2) is 0 Å². The van der Waals surface area contributed by atoms with E-state index in [0.29, 0.717) is 0 Å². The van der Waals surface area contributed by atoms with Gasteiger partial charge in [0.1, 0.15) is 0 Å². The lowest BCUT2D eigenvalue weighted by molar-refractivity contribution is 0.264. The summed E-state index contributed by atoms with van der Waals surface area (Å²) in [5.74, 6) is 0. The second-order valence-electron chi connectivity index (χ2n) is 3.56. The number of aryl methyl sites for hydroxylation is 1. The second-order valence-corrected chi connectivity index (χ2v) is 4.36. The van der Waals surface area contributed by atoms with Gasteiger partial charge in [0.05, 0.1) is 18.3 Å². The molecule has 4 heteroatoms. The van der Waals surface area contributed by atoms with Crippen LogP contribution in [0.1, 0.15) is 11.7 Å². The molecule has 0 aliphatic rings. The molecule has 80 valence electrons. The lowest BCUT2D eigenvalue weighted by Gasteiger charge is -2.10. The maximum atomic E-state index is 9.10. The van der Waals surface area contributed by atoms with Crippen LogP contribution in [0.25, 0.3) is 10.9 Å². The van der Waals surface area contributed by atoms with Gasteiger partial charge in [0, 0.05) is 22.4 Å². The number of para-hydroxylation sites is 1. The molecule has 1 heterocycles. The molecule has 0 aliphatic heterocycles. The normalized spacial score (nSPS) is 13.3. The lowest BCUT2D eigenvalue weighted by atomic mass is 10.2. The quantitative estimate of drug-likeness (QED) is 0.875. The molecule has 0 radical (unpaired) electrons. The second kappa shape index (κ2) is 3.96. The van der Waals surface area contributed by atoms with Gasteiger partial charge in [0.15, 0.2) is 0 Å². The molecule has 1 aromatic carbocycles. The van der Waals surface area contributed by atoms with E-state index in [9.17, 15) is 0 Å². The highest BCUT2D eigenvalue weighted by atomic mass is 79.9. The number of aliphatic hydroxyl groups is 1. The van der Waals surface area contributed by atoms with Crippen molar-refractivity contribution in [3.63, 3.8) is 0 Å². The number of aromatic nitrogens is 1. The smallest absolute Gasteiger partial charge is 0.0696 e. The van der Waals surface area contributed by atoms with Gasteiger partial charge in [-0.15, -0.1) is 0 Å². The average Bonchev–Trinajstić information content (AvgIpc) is 2.52. The van der Waals surface area contributed by atoms with Crippen molar-refractivity contribution in [3.8, 4) is 0 Å². The number of hydrogen-bond acceptors (Lipinski definition) is 2. The lowest BCUT2D eigenvalue weighted by Crippen LogP contribution is -2.18. The predicted octanol–water partition coefficient (Wildman–Crippen LogP) is 1.93. The third-order valence-electron chi connectivity index (χ3n) is 2.64. The van der Waals surface area contributed by atoms with E-state index in [-0.39, 0.29) is 12.6 Å². The molecule has 1 atom stereocenters. The summed E-state index contributed by atoms with van der Waals surface area (Å²) >= 11 is 3.53. The standard InChI is InChI=1S/C11H13BrN2O/c1-14-9-5-3-2-4-7(9)10(12)11(14)8(13)6-15/h2-5,8,15H,6,13H2,1H3/t8-/m1/s1. The van der Waals surface area contributed by atoms with Crippen LogP contribution in [0.4, 0.5) is 0 Å². The van der Waals surface area contributed by atoms with E-state index < -0.39 is 0 Å². The third kappa shape index (κ3) is 1.58. The Morgan fingerprint density at radius 2 is 2.13 bits per heavy atom. The van der Waals surface area contributed by atoms with Gasteiger partial charge in [0.2, 0.25) is 0 Å². The van der Waals surface area contributed by atoms with Crippen molar-refractivity contribution in [1.82, 2.24) is 4.57 Å². The number of halogens is 1. The molecule has 3 nitrogen and oxygen atoms in total. The van der Waals surface area contributed by atoms with E-state index in [1.165, 1.54) is 0 Å². The van der Waals surface area contributed by atoms with E-state index in [1.807, 2.05) is 35.9 Å². The zero-order chi connectivity index (χ0) is 11.0. The Labute approximate surface area is 96.6 Å². The summed E-state index contributed by atoms with van der Waals surface area (Å²) in [6, 6.07) is 7.70. The summed E-state index contributed by atoms with van der Waals surface area (Å²) in [6.07, 6.45) is 0. The van der Waals surface area contributed by atoms with Gasteiger partial charge >= 0.3 is 0 Å². The molecule has 2 rings (SSSR count). The number of nitrogens with zero attached hydrogens (tertiary/aromatic N) is 1. The zero-order valence-electron chi connectivity index (χ0n) is 8.44. The summed E-state index contributed by atoms with van der Waals surface area (Å²) in [7, 11) is 1.96. The van der Waals surface area contributed by atoms with Crippen LogP contribution in [-0.2, 0) is 7.05 Å². The van der Waals surface area contributed by atoms with E-state index in [4.69, 9.17) is 10.8 Å². The minimum atomic E-state index is -0.350. The molecule has 1 aromatic heterocycles. The maximum absolute atomic E-state index is 9.10. The molecule has 0 unspecified atom stereocenters. The number of benzene rings is 1. The summed E-state index contributed by atoms with van der Waals surface area (Å²) in [4.78, 5) is 0. The van der Waals surface area contributed by atoms with E-state index in [1.54, 1.807) is 0 Å². The molecule has 0 amide bonds. The van der Waals surface area contributed by atoms with Gasteiger partial charge in [-0.3, -0.25) is 0 Å². The summed E-state index contributed by atoms with van der Waals surface area (Å²) in [5.41, 5.74) is 7.90. The Morgan fingerprint density at radius 1 is 1.47 bits per heavy atom. The monoisotopic (exact) mass is 268 g/mol. The number of aliphatic hydroxyl groups excluding tert-OH is 1. The van der Waals surface area contributed by atoms with E-state index >= 15 is 0 Å². The van der Waals surface area contributed by atoms with Crippen molar-refractivity contribution in [2.75, 3.05) is 6.61 Å². The van der Waals surface area contributed by atoms with Crippen molar-refractivity contribution < 1.29 is 5.11 Å². The van der Waals surface area contributed by atoms with Crippen molar-refractivity contribution in [1.29, 1.82) is 0 Å². The molecule has 3 N–H and O–H groups in total. The molecule has 0 spiro atoms. The van der Waals surface area contributed by atoms with Crippen LogP contribution < -0.4 is 5.73 Å². The first-order chi connectivity index (χ1) is 7.16. The Morgan fingerprint density at radius 3 is 2.73 bits per heavy atom. The molecule has 0 saturated heterocycles. The summed E-state index contributed by atoms with van der Waals surface area (Å²) in [5, 5.41) is 10.2. The molecule has 0 bridgehead atoms. The maximum Gasteiger partial charge on any atom is 0.0696 e. The van der Waals surface area contributed by atoms with Crippen LogP contribution in [0.3, 0.4) is 0 Å². The molecule has 0 aliphatic carbocycles. The number of hydrogen-bond donors (Lipinski definition) is 2. The van der Waals surface area contributed by atoms with Gasteiger partial charge < -0.3 is 15.4 Å². The van der Waals surface area contributed by atoms with E-state index in [2.05, 4.69) is 15.9 Å². The Kier molecular flexibility index (Phi) is 2.82. The fourth-order valence-corrected chi connectivity index (χ4v) is 2.76. The SMILES string of the molecule is Cn1c([C@H](N)CO)c(Br)c2ccccc21. The van der Waals surface area contributed by atoms with Gasteiger partial charge in [0.25, 0.3) is 0 Å². The zero-order valence-corrected chi connectivity index (χ0v) is 10.0. The molecule has 15 heavy (non-hydrogen) atoms. The van der Waals surface area contributed by atoms with Crippen LogP contribution in [0.2, 0.25) is 0 Å². The summed E-state index contributed by atoms with van der Waals surface area (Å²) < 4.78 is 2.99. The first-order valence-electron chi connectivity index (χ1n) is 4.76. The summed E-state index contributed by atoms with van der Waals surface area (Å²) in [6.45, 7) is -0.0528. The van der Waals surface area contributed by atoms with Crippen molar-refractivity contribution >= 4 is 26.8 Å². The average molecular weight is 269 g/mol. The third-order valence-corrected chi connectivity index (χ3v) is 3.47. The Bertz CT molecular complexity index is 454. The first kappa shape index (κ1) is 10.7. The number of rotatable bonds is 2. The van der Waals surface area contributed by atoms with Crippen molar-refractivity contribution in [3.05, 3.63) is 34.4 Å². The minimum absolute atomic E-state index is 0.0528. The molecule has 0 saturated carbocycles. The first-order valence-corrected chi connectivity index (χ1v) is 5.55. The van der Waals surface area contributed by atoms with E-state index in [0.717, 1.165) is 21.1 Å². The fourth-order valence-electron chi connectivity index (χ4n) is 1.86. The predicted molar refractivity (Wildman–Crippen MR) is 64.6 cm³/mol. The van der Waals surface area contributed by atoms with Gasteiger partial charge in [-0.1, -0.05) is 18.2 Å². The molecular weight excluding hydrogens is 256 g/mol. The van der Waals surface area contributed by atoms with Crippen LogP contribution in [0.5, 0.6) is 0 Å². The molecule has 0 fully saturated rings. The van der Waals surface area contributed by atoms with Crippen molar-refractivity contribution in [2.24, 2.45) is 12.8 Å². The minimum Gasteiger partial charge on any atom is -0.394 e. The van der Waals surface area contributed by atoms with Crippen LogP contribution in [0.15, 0.2) is 28.7 Å². The highest BCUT2D eigenvalue weighted by molar-refractivity contribution is 9.10.